The van der Waals surface area contributed by atoms with Crippen LogP contribution in [-0.4, -0.2) is 281 Å². The van der Waals surface area contributed by atoms with Crippen LogP contribution in [-0.2, 0) is 102 Å². The van der Waals surface area contributed by atoms with Gasteiger partial charge in [0.25, 0.3) is 23.6 Å². The minimum atomic E-state index is -4.79. The molecule has 4 atom stereocenters. The molecule has 4 fully saturated rings. The Kier molecular flexibility index (Phi) is 38.9. The Bertz CT molecular complexity index is 6700. The van der Waals surface area contributed by atoms with Crippen LogP contribution in [0.2, 0.25) is 25.1 Å². The molecule has 0 spiro atoms. The molecule has 14 rings (SSSR count). The zero-order valence-electron chi connectivity index (χ0n) is 74.5. The number of aliphatic carboxylic acids is 1. The van der Waals surface area contributed by atoms with Gasteiger partial charge in [0.1, 0.15) is 58.7 Å². The maximum absolute atomic E-state index is 14.9. The number of aryl methyl sites for hydroxylation is 2. The molecule has 0 bridgehead atoms. The lowest BCUT2D eigenvalue weighted by atomic mass is 9.92. The number of pyridine rings is 1. The first-order valence-corrected chi connectivity index (χ1v) is 51.5. The normalized spacial score (nSPS) is 17.5. The highest BCUT2D eigenvalue weighted by Crippen LogP contribution is 2.39. The second-order valence-electron chi connectivity index (χ2n) is 31.4. The van der Waals surface area contributed by atoms with Gasteiger partial charge in [0.05, 0.1) is 39.8 Å². The number of amides is 5. The summed E-state index contributed by atoms with van der Waals surface area (Å²) in [4.78, 5) is 78.2. The SMILES string of the molecule is C=CCN1CCN(S(=O)(=O)c2cc(F)c(Oc3ccc(Cl)cc3)c(F)c2)[C@@H](C(=O)NO)C1.COCCOC(=O)N1CCN(S(=O)(=O)c2ccc(Oc3ccc4c(c3)CCCC4)nc2)[C@@H](C(=O)NO)C1.O=C(NO)[C@H]1CN(S(=O)(=O)Cc2cc(Cl)cc(Cl)c2)CCN1S(=O)(=O)c1cc(F)c(Oc2ccc(Cl)cc2)c(F)c1.O=C(O)CN1CCN(S(=O)(=O)c2cc(F)c(Oc3ccc(Cl)cc3)c(F)c2)[C@@H](C(=O)NO)C1. The predicted octanol–water partition coefficient (Wildman–Crippen LogP) is 10.6. The quantitative estimate of drug-likeness (QED) is 0.00664. The molecule has 9 N–H and O–H groups in total. The number of nitrogens with zero attached hydrogens (tertiary/aromatic N) is 9. The fourth-order valence-electron chi connectivity index (χ4n) is 15.1. The smallest absolute Gasteiger partial charge is 0.409 e. The van der Waals surface area contributed by atoms with Crippen LogP contribution in [0.3, 0.4) is 0 Å². The monoisotopic (exact) mass is 2200 g/mol. The summed E-state index contributed by atoms with van der Waals surface area (Å²) < 4.78 is 256. The van der Waals surface area contributed by atoms with Crippen LogP contribution < -0.4 is 40.9 Å². The molecule has 9 aromatic rings. The number of fused-ring (bicyclic) bond motifs is 1. The zero-order valence-corrected chi connectivity index (χ0v) is 82.3. The summed E-state index contributed by atoms with van der Waals surface area (Å²) in [6.07, 6.45) is 6.40. The summed E-state index contributed by atoms with van der Waals surface area (Å²) >= 11 is 29.2. The van der Waals surface area contributed by atoms with Crippen molar-refractivity contribution in [1.82, 2.24) is 63.1 Å². The molecular weight excluding hydrogens is 2110 g/mol. The van der Waals surface area contributed by atoms with E-state index in [1.54, 1.807) is 11.0 Å². The van der Waals surface area contributed by atoms with Crippen LogP contribution >= 0.6 is 58.0 Å². The van der Waals surface area contributed by atoms with E-state index in [1.807, 2.05) is 18.2 Å². The molecule has 5 heterocycles. The van der Waals surface area contributed by atoms with Gasteiger partial charge in [-0.15, -0.1) is 6.58 Å². The van der Waals surface area contributed by atoms with Crippen LogP contribution in [0.1, 0.15) is 29.5 Å². The fraction of sp³-hybridized carbons (Fsp3) is 0.299. The van der Waals surface area contributed by atoms with Crippen LogP contribution in [0.4, 0.5) is 31.1 Å². The number of halogens is 11. The number of aromatic nitrogens is 1. The maximum atomic E-state index is 14.9. The Morgan fingerprint density at radius 3 is 1.20 bits per heavy atom. The van der Waals surface area contributed by atoms with Gasteiger partial charge in [0, 0.05) is 123 Å². The Morgan fingerprint density at radius 2 is 0.804 bits per heavy atom. The van der Waals surface area contributed by atoms with E-state index in [0.717, 1.165) is 38.4 Å². The van der Waals surface area contributed by atoms with E-state index in [0.29, 0.717) is 72.4 Å². The number of hydroxylamine groups is 4. The number of methoxy groups -OCH3 is 1. The number of carboxylic acid groups (broad SMARTS) is 1. The van der Waals surface area contributed by atoms with Crippen molar-refractivity contribution >= 4 is 144 Å². The van der Waals surface area contributed by atoms with Gasteiger partial charge in [-0.25, -0.2) is 100 Å². The summed E-state index contributed by atoms with van der Waals surface area (Å²) in [5, 5.41) is 46.9. The Labute approximate surface area is 839 Å². The topological polar surface area (TPSA) is 517 Å². The first kappa shape index (κ1) is 112. The molecule has 0 radical (unpaired) electrons. The van der Waals surface area contributed by atoms with Crippen LogP contribution in [0.5, 0.6) is 46.1 Å². The number of benzene rings is 8. The second-order valence-corrected chi connectivity index (χ2v) is 43.2. The summed E-state index contributed by atoms with van der Waals surface area (Å²) in [6, 6.07) is 27.0. The zero-order chi connectivity index (χ0) is 104. The van der Waals surface area contributed by atoms with Crippen LogP contribution in [0.25, 0.3) is 0 Å². The Balaban J connectivity index is 0.000000183. The molecule has 40 nitrogen and oxygen atoms in total. The van der Waals surface area contributed by atoms with E-state index in [2.05, 4.69) is 11.6 Å². The number of hydrogen-bond acceptors (Lipinski definition) is 29. The highest BCUT2D eigenvalue weighted by atomic mass is 35.5. The third-order valence-corrected chi connectivity index (χ3v) is 32.5. The number of ether oxygens (including phenoxy) is 6. The highest BCUT2D eigenvalue weighted by molar-refractivity contribution is 7.90. The number of carbonyl (C=O) groups is 6. The molecule has 5 amide bonds. The van der Waals surface area contributed by atoms with E-state index < -0.39 is 209 Å². The molecule has 143 heavy (non-hydrogen) atoms. The van der Waals surface area contributed by atoms with Crippen molar-refractivity contribution in [3.8, 4) is 46.1 Å². The van der Waals surface area contributed by atoms with Crippen molar-refractivity contribution in [2.24, 2.45) is 0 Å². The van der Waals surface area contributed by atoms with E-state index in [1.165, 1.54) is 160 Å². The summed E-state index contributed by atoms with van der Waals surface area (Å²) in [5.41, 5.74) is 8.36. The van der Waals surface area contributed by atoms with Crippen molar-refractivity contribution in [2.75, 3.05) is 112 Å². The lowest BCUT2D eigenvalue weighted by Crippen LogP contribution is -2.61. The lowest BCUT2D eigenvalue weighted by molar-refractivity contribution is -0.141. The van der Waals surface area contributed by atoms with Crippen molar-refractivity contribution in [2.45, 2.75) is 75.2 Å². The minimum absolute atomic E-state index is 0.00674. The second kappa shape index (κ2) is 49.6. The first-order chi connectivity index (χ1) is 67.7. The van der Waals surface area contributed by atoms with Gasteiger partial charge in [-0.2, -0.15) is 21.5 Å². The van der Waals surface area contributed by atoms with Crippen LogP contribution in [0.15, 0.2) is 196 Å². The van der Waals surface area contributed by atoms with Gasteiger partial charge in [0.15, 0.2) is 52.2 Å². The average Bonchev–Trinajstić information content (AvgIpc) is 0.758. The number of piperazine rings is 4. The molecule has 56 heteroatoms. The number of sulfonamides is 5. The fourth-order valence-corrected chi connectivity index (χ4v) is 23.8. The number of nitrogens with one attached hydrogen (secondary N) is 4. The van der Waals surface area contributed by atoms with E-state index in [-0.39, 0.29) is 116 Å². The van der Waals surface area contributed by atoms with E-state index in [4.69, 9.17) is 102 Å². The average molecular weight is 2200 g/mol. The molecule has 8 aromatic carbocycles. The maximum Gasteiger partial charge on any atom is 0.409 e. The van der Waals surface area contributed by atoms with Crippen molar-refractivity contribution in [3.05, 3.63) is 253 Å². The third kappa shape index (κ3) is 28.5. The first-order valence-electron chi connectivity index (χ1n) is 42.2. The molecule has 5 aliphatic rings. The van der Waals surface area contributed by atoms with Gasteiger partial charge in [-0.05, 0) is 188 Å². The molecule has 1 aromatic heterocycles. The minimum Gasteiger partial charge on any atom is -0.480 e. The molecule has 4 aliphatic heterocycles. The third-order valence-electron chi connectivity index (χ3n) is 22.0. The standard InChI is InChI=1S/C24H20Cl3F2N3O7S2.C24H30N4O8S.C20H20ClF2N3O5S.C19H18ClF2N3O7S/c25-15-1-3-18(4-2-15)39-23-20(28)10-19(11-21(23)29)41(37,38)32-6-5-31(12-22(32)24(33)30-34)40(35,36)13-14-7-16(26)9-17(27)8-14;1-34-12-13-35-24(30)27-10-11-28(21(16-27)23(29)26-31)37(32,33)20-8-9-22(25-15-20)36-19-7-6-17-4-2-3-5-18(17)14-19;1-2-7-25-8-9-26(18(12-25)20(27)24-28)32(29,30)15-10-16(22)19(17(23)11-15)31-14-5-3-13(21)4-6-14;20-11-1-3-12(4-2-11)32-18-14(21)7-13(8-15(18)22)33(30,31)25-6-5-24(10-17(26)27)9-16(25)19(28)23-29/h1-4,7-11,22,34H,5-6,12-13H2,(H,30,33);6-9,14-15,21,31H,2-5,10-13,16H2,1H3,(H,26,29);2-6,10-11,18,28H,1,7-9,12H2,(H,24,27);1-4,7-8,16,29H,5-6,9-10H2,(H,23,28)(H,26,27)/t22-;21-;18-;16-/m1111/s1. The summed E-state index contributed by atoms with van der Waals surface area (Å²) in [7, 11) is -20.8. The Morgan fingerprint density at radius 1 is 0.427 bits per heavy atom. The van der Waals surface area contributed by atoms with Crippen molar-refractivity contribution < 1.29 is 152 Å². The molecule has 0 saturated carbocycles. The van der Waals surface area contributed by atoms with E-state index in [9.17, 15) is 108 Å². The van der Waals surface area contributed by atoms with Crippen molar-refractivity contribution in [1.29, 1.82) is 0 Å². The van der Waals surface area contributed by atoms with Crippen molar-refractivity contribution in [3.63, 3.8) is 0 Å². The predicted molar refractivity (Wildman–Crippen MR) is 498 cm³/mol. The van der Waals surface area contributed by atoms with E-state index >= 15 is 0 Å². The number of hydrogen-bond donors (Lipinski definition) is 9. The molecular formula is C87H88Cl5F6N13O27S5. The number of carbonyl (C=O) groups excluding carboxylic acids is 5. The molecule has 770 valence electrons. The van der Waals surface area contributed by atoms with Gasteiger partial charge in [0.2, 0.25) is 56.0 Å². The Hall–Kier alpha value is -11.2. The molecule has 0 unspecified atom stereocenters. The van der Waals surface area contributed by atoms with Gasteiger partial charge < -0.3 is 38.4 Å². The largest absolute Gasteiger partial charge is 0.480 e. The molecule has 1 aliphatic carbocycles. The molecule has 4 saturated heterocycles. The number of carboxylic acids is 1. The van der Waals surface area contributed by atoms with Gasteiger partial charge >= 0.3 is 12.1 Å². The summed E-state index contributed by atoms with van der Waals surface area (Å²) in [6.45, 7) is 0.821. The number of rotatable bonds is 30. The lowest BCUT2D eigenvalue weighted by Gasteiger charge is -2.38. The van der Waals surface area contributed by atoms with Gasteiger partial charge in [-0.1, -0.05) is 70.1 Å². The van der Waals surface area contributed by atoms with Gasteiger partial charge in [-0.3, -0.25) is 54.6 Å². The van der Waals surface area contributed by atoms with Crippen LogP contribution in [0, 0.1) is 34.9 Å². The highest BCUT2D eigenvalue weighted by Gasteiger charge is 2.48. The summed E-state index contributed by atoms with van der Waals surface area (Å²) in [5.74, 6) is -15.4.